The molecule has 5 heteroatoms. The molecular formula is C20H16N2O3. The zero-order chi connectivity index (χ0) is 17.8. The van der Waals surface area contributed by atoms with Gasteiger partial charge in [0.25, 0.3) is 0 Å². The number of carbonyl (C=O) groups is 1. The predicted molar refractivity (Wildman–Crippen MR) is 93.5 cm³/mol. The SMILES string of the molecule is CCOC(=O)c1ccc(-n2cc(C#N)c(-c3ccccc3O)c2)cc1. The van der Waals surface area contributed by atoms with E-state index >= 15 is 0 Å². The average molecular weight is 332 g/mol. The van der Waals surface area contributed by atoms with Gasteiger partial charge in [0.2, 0.25) is 0 Å². The van der Waals surface area contributed by atoms with Gasteiger partial charge in [0, 0.05) is 29.2 Å². The topological polar surface area (TPSA) is 75.2 Å². The number of phenols is 1. The molecule has 0 spiro atoms. The normalized spacial score (nSPS) is 10.2. The van der Waals surface area contributed by atoms with Gasteiger partial charge in [-0.2, -0.15) is 5.26 Å². The Morgan fingerprint density at radius 3 is 2.48 bits per heavy atom. The molecule has 0 aliphatic rings. The van der Waals surface area contributed by atoms with Crippen LogP contribution in [0.1, 0.15) is 22.8 Å². The molecule has 0 atom stereocenters. The lowest BCUT2D eigenvalue weighted by Gasteiger charge is -2.05. The number of ether oxygens (including phenoxy) is 1. The number of esters is 1. The van der Waals surface area contributed by atoms with E-state index in [0.717, 1.165) is 5.69 Å². The molecule has 0 bridgehead atoms. The Hall–Kier alpha value is -3.52. The second-order valence-corrected chi connectivity index (χ2v) is 5.39. The minimum atomic E-state index is -0.367. The number of hydrogen-bond acceptors (Lipinski definition) is 4. The Balaban J connectivity index is 1.98. The molecule has 3 rings (SSSR count). The summed E-state index contributed by atoms with van der Waals surface area (Å²) >= 11 is 0. The molecular weight excluding hydrogens is 316 g/mol. The van der Waals surface area contributed by atoms with Gasteiger partial charge >= 0.3 is 5.97 Å². The van der Waals surface area contributed by atoms with Gasteiger partial charge in [0.15, 0.2) is 0 Å². The summed E-state index contributed by atoms with van der Waals surface area (Å²) in [6.45, 7) is 2.09. The van der Waals surface area contributed by atoms with Gasteiger partial charge in [-0.05, 0) is 37.3 Å². The van der Waals surface area contributed by atoms with Crippen LogP contribution < -0.4 is 0 Å². The van der Waals surface area contributed by atoms with Gasteiger partial charge in [-0.3, -0.25) is 0 Å². The van der Waals surface area contributed by atoms with Crippen molar-refractivity contribution in [2.45, 2.75) is 6.92 Å². The van der Waals surface area contributed by atoms with Gasteiger partial charge in [-0.25, -0.2) is 4.79 Å². The van der Waals surface area contributed by atoms with Gasteiger partial charge in [-0.1, -0.05) is 18.2 Å². The van der Waals surface area contributed by atoms with Crippen LogP contribution in [0.2, 0.25) is 0 Å². The summed E-state index contributed by atoms with van der Waals surface area (Å²) in [7, 11) is 0. The number of para-hydroxylation sites is 1. The average Bonchev–Trinajstić information content (AvgIpc) is 3.06. The summed E-state index contributed by atoms with van der Waals surface area (Å²) in [5.41, 5.74) is 2.97. The fourth-order valence-corrected chi connectivity index (χ4v) is 2.59. The highest BCUT2D eigenvalue weighted by Crippen LogP contribution is 2.32. The summed E-state index contributed by atoms with van der Waals surface area (Å²) in [5, 5.41) is 19.4. The van der Waals surface area contributed by atoms with Crippen molar-refractivity contribution in [2.75, 3.05) is 6.61 Å². The first-order chi connectivity index (χ1) is 12.1. The number of aromatic nitrogens is 1. The molecule has 5 nitrogen and oxygen atoms in total. The summed E-state index contributed by atoms with van der Waals surface area (Å²) in [5.74, 6) is -0.247. The van der Waals surface area contributed by atoms with Crippen LogP contribution in [0, 0.1) is 11.3 Å². The maximum atomic E-state index is 11.7. The third-order valence-electron chi connectivity index (χ3n) is 3.82. The molecule has 0 saturated heterocycles. The van der Waals surface area contributed by atoms with Crippen LogP contribution in [0.15, 0.2) is 60.9 Å². The molecule has 0 amide bonds. The Morgan fingerprint density at radius 1 is 1.12 bits per heavy atom. The van der Waals surface area contributed by atoms with E-state index in [1.54, 1.807) is 66.3 Å². The number of aromatic hydroxyl groups is 1. The molecule has 124 valence electrons. The molecule has 3 aromatic rings. The lowest BCUT2D eigenvalue weighted by Crippen LogP contribution is -2.04. The monoisotopic (exact) mass is 332 g/mol. The molecule has 0 radical (unpaired) electrons. The molecule has 0 fully saturated rings. The summed E-state index contributed by atoms with van der Waals surface area (Å²) < 4.78 is 6.76. The van der Waals surface area contributed by atoms with Crippen LogP contribution in [0.5, 0.6) is 5.75 Å². The number of carbonyl (C=O) groups excluding carboxylic acids is 1. The van der Waals surface area contributed by atoms with Gasteiger partial charge in [0.1, 0.15) is 11.8 Å². The van der Waals surface area contributed by atoms with E-state index in [4.69, 9.17) is 4.74 Å². The molecule has 0 aliphatic heterocycles. The number of nitrogens with zero attached hydrogens (tertiary/aromatic N) is 2. The highest BCUT2D eigenvalue weighted by atomic mass is 16.5. The van der Waals surface area contributed by atoms with E-state index in [9.17, 15) is 15.2 Å². The second kappa shape index (κ2) is 6.93. The van der Waals surface area contributed by atoms with E-state index in [1.165, 1.54) is 0 Å². The zero-order valence-corrected chi connectivity index (χ0v) is 13.6. The molecule has 1 heterocycles. The van der Waals surface area contributed by atoms with Crippen LogP contribution in [0.4, 0.5) is 0 Å². The fourth-order valence-electron chi connectivity index (χ4n) is 2.59. The molecule has 0 aliphatic carbocycles. The quantitative estimate of drug-likeness (QED) is 0.735. The fraction of sp³-hybridized carbons (Fsp3) is 0.100. The van der Waals surface area contributed by atoms with Crippen molar-refractivity contribution in [3.05, 3.63) is 72.1 Å². The molecule has 0 saturated carbocycles. The number of phenolic OH excluding ortho intramolecular Hbond substituents is 1. The molecule has 2 aromatic carbocycles. The van der Waals surface area contributed by atoms with E-state index in [2.05, 4.69) is 6.07 Å². The van der Waals surface area contributed by atoms with Crippen molar-refractivity contribution in [1.82, 2.24) is 4.57 Å². The van der Waals surface area contributed by atoms with E-state index < -0.39 is 0 Å². The van der Waals surface area contributed by atoms with Crippen molar-refractivity contribution >= 4 is 5.97 Å². The lowest BCUT2D eigenvalue weighted by molar-refractivity contribution is 0.0526. The maximum absolute atomic E-state index is 11.7. The van der Waals surface area contributed by atoms with Gasteiger partial charge < -0.3 is 14.4 Å². The van der Waals surface area contributed by atoms with Crippen LogP contribution in [-0.4, -0.2) is 22.2 Å². The number of rotatable bonds is 4. The van der Waals surface area contributed by atoms with E-state index in [1.807, 2.05) is 6.07 Å². The van der Waals surface area contributed by atoms with Crippen LogP contribution in [0.3, 0.4) is 0 Å². The molecule has 25 heavy (non-hydrogen) atoms. The predicted octanol–water partition coefficient (Wildman–Crippen LogP) is 3.90. The van der Waals surface area contributed by atoms with Gasteiger partial charge in [0.05, 0.1) is 17.7 Å². The Labute approximate surface area is 145 Å². The third-order valence-corrected chi connectivity index (χ3v) is 3.82. The van der Waals surface area contributed by atoms with Crippen molar-refractivity contribution in [3.8, 4) is 28.6 Å². The number of benzene rings is 2. The first kappa shape index (κ1) is 16.3. The van der Waals surface area contributed by atoms with E-state index in [-0.39, 0.29) is 11.7 Å². The second-order valence-electron chi connectivity index (χ2n) is 5.39. The first-order valence-corrected chi connectivity index (χ1v) is 7.82. The Bertz CT molecular complexity index is 950. The number of nitriles is 1. The summed E-state index contributed by atoms with van der Waals surface area (Å²) in [4.78, 5) is 11.7. The van der Waals surface area contributed by atoms with Crippen molar-refractivity contribution in [3.63, 3.8) is 0 Å². The highest BCUT2D eigenvalue weighted by Gasteiger charge is 2.13. The third kappa shape index (κ3) is 3.24. The Morgan fingerprint density at radius 2 is 1.84 bits per heavy atom. The van der Waals surface area contributed by atoms with E-state index in [0.29, 0.717) is 28.9 Å². The zero-order valence-electron chi connectivity index (χ0n) is 13.6. The first-order valence-electron chi connectivity index (χ1n) is 7.82. The van der Waals surface area contributed by atoms with Crippen molar-refractivity contribution in [2.24, 2.45) is 0 Å². The standard InChI is InChI=1S/C20H16N2O3/c1-2-25-20(24)14-7-9-16(10-8-14)22-12-15(11-21)18(13-22)17-5-3-4-6-19(17)23/h3-10,12-13,23H,2H2,1H3. The molecule has 0 unspecified atom stereocenters. The lowest BCUT2D eigenvalue weighted by atomic mass is 10.0. The minimum Gasteiger partial charge on any atom is -0.507 e. The molecule has 1 N–H and O–H groups in total. The Kier molecular flexibility index (Phi) is 4.53. The van der Waals surface area contributed by atoms with Crippen LogP contribution >= 0.6 is 0 Å². The minimum absolute atomic E-state index is 0.120. The van der Waals surface area contributed by atoms with Crippen LogP contribution in [0.25, 0.3) is 16.8 Å². The number of hydrogen-bond donors (Lipinski definition) is 1. The van der Waals surface area contributed by atoms with Crippen molar-refractivity contribution in [1.29, 1.82) is 5.26 Å². The highest BCUT2D eigenvalue weighted by molar-refractivity contribution is 5.89. The van der Waals surface area contributed by atoms with Crippen molar-refractivity contribution < 1.29 is 14.6 Å². The summed E-state index contributed by atoms with van der Waals surface area (Å²) in [6.07, 6.45) is 3.48. The largest absolute Gasteiger partial charge is 0.507 e. The van der Waals surface area contributed by atoms with Gasteiger partial charge in [-0.15, -0.1) is 0 Å². The summed E-state index contributed by atoms with van der Waals surface area (Å²) in [6, 6.07) is 16.0. The van der Waals surface area contributed by atoms with Crippen LogP contribution in [-0.2, 0) is 4.74 Å². The molecule has 1 aromatic heterocycles. The smallest absolute Gasteiger partial charge is 0.338 e. The maximum Gasteiger partial charge on any atom is 0.338 e.